The van der Waals surface area contributed by atoms with E-state index in [0.29, 0.717) is 55.6 Å². The molecule has 0 aliphatic carbocycles. The number of nitrogens with zero attached hydrogens (tertiary/aromatic N) is 3. The Morgan fingerprint density at radius 1 is 1.12 bits per heavy atom. The van der Waals surface area contributed by atoms with Crippen LogP contribution >= 0.6 is 23.2 Å². The summed E-state index contributed by atoms with van der Waals surface area (Å²) in [6.07, 6.45) is 2.21. The molecule has 4 N–H and O–H groups in total. The van der Waals surface area contributed by atoms with E-state index in [9.17, 15) is 13.2 Å². The number of sulfonamides is 1. The van der Waals surface area contributed by atoms with E-state index in [1.807, 2.05) is 31.2 Å². The number of guanidine groups is 1. The summed E-state index contributed by atoms with van der Waals surface area (Å²) >= 11 is 13.2. The van der Waals surface area contributed by atoms with Crippen molar-refractivity contribution in [2.24, 2.45) is 5.73 Å². The molecule has 13 heteroatoms. The molecular formula is C28H32Cl2N6O4S. The minimum atomic E-state index is -4.13. The molecule has 1 amide bonds. The van der Waals surface area contributed by atoms with Gasteiger partial charge >= 0.3 is 0 Å². The third-order valence-electron chi connectivity index (χ3n) is 7.62. The molecule has 1 aromatic heterocycles. The van der Waals surface area contributed by atoms with Gasteiger partial charge in [-0.1, -0.05) is 41.4 Å². The van der Waals surface area contributed by atoms with Crippen LogP contribution in [0.15, 0.2) is 47.4 Å². The van der Waals surface area contributed by atoms with E-state index in [4.69, 9.17) is 39.1 Å². The van der Waals surface area contributed by atoms with Crippen LogP contribution in [0.2, 0.25) is 10.0 Å². The van der Waals surface area contributed by atoms with Gasteiger partial charge in [-0.2, -0.15) is 4.31 Å². The van der Waals surface area contributed by atoms with E-state index in [-0.39, 0.29) is 46.0 Å². The lowest BCUT2D eigenvalue weighted by Crippen LogP contribution is -2.52. The molecule has 1 atom stereocenters. The number of benzene rings is 2. The third kappa shape index (κ3) is 6.08. The molecule has 0 radical (unpaired) electrons. The van der Waals surface area contributed by atoms with Crippen molar-refractivity contribution in [1.29, 1.82) is 5.41 Å². The zero-order valence-corrected chi connectivity index (χ0v) is 24.9. The second kappa shape index (κ2) is 12.0. The van der Waals surface area contributed by atoms with E-state index >= 15 is 0 Å². The number of aryl methyl sites for hydroxylation is 1. The first-order valence-electron chi connectivity index (χ1n) is 13.4. The van der Waals surface area contributed by atoms with Gasteiger partial charge in [-0.3, -0.25) is 10.2 Å². The summed E-state index contributed by atoms with van der Waals surface area (Å²) in [5.74, 6) is 0.202. The summed E-state index contributed by atoms with van der Waals surface area (Å²) in [5.41, 5.74) is 7.41. The molecule has 2 aliphatic rings. The Morgan fingerprint density at radius 2 is 1.88 bits per heavy atom. The van der Waals surface area contributed by atoms with Crippen LogP contribution in [0.3, 0.4) is 0 Å². The molecule has 2 fully saturated rings. The lowest BCUT2D eigenvalue weighted by molar-refractivity contribution is -0.125. The van der Waals surface area contributed by atoms with Gasteiger partial charge in [0.05, 0.1) is 5.02 Å². The number of likely N-dealkylation sites (tertiary alicyclic amines) is 1. The number of rotatable bonds is 7. The Morgan fingerprint density at radius 3 is 2.61 bits per heavy atom. The summed E-state index contributed by atoms with van der Waals surface area (Å²) in [5, 5.41) is 11.7. The van der Waals surface area contributed by atoms with Crippen molar-refractivity contribution in [3.05, 3.63) is 63.8 Å². The highest BCUT2D eigenvalue weighted by Gasteiger charge is 2.41. The molecule has 0 unspecified atom stereocenters. The van der Waals surface area contributed by atoms with Gasteiger partial charge < -0.3 is 20.7 Å². The van der Waals surface area contributed by atoms with E-state index in [0.717, 1.165) is 11.1 Å². The summed E-state index contributed by atoms with van der Waals surface area (Å²) in [6, 6.07) is 11.3. The number of piperidine rings is 1. The quantitative estimate of drug-likeness (QED) is 0.268. The van der Waals surface area contributed by atoms with Crippen LogP contribution in [0.1, 0.15) is 36.9 Å². The van der Waals surface area contributed by atoms with Crippen molar-refractivity contribution < 1.29 is 17.9 Å². The number of amides is 1. The first kappa shape index (κ1) is 29.4. The number of carbonyl (C=O) groups is 1. The number of nitrogens with two attached hydrogens (primary N) is 1. The molecule has 41 heavy (non-hydrogen) atoms. The normalized spacial score (nSPS) is 18.5. The van der Waals surface area contributed by atoms with Gasteiger partial charge in [0.1, 0.15) is 28.8 Å². The Balaban J connectivity index is 1.34. The average Bonchev–Trinajstić information content (AvgIpc) is 3.45. The number of halogens is 2. The number of aromatic nitrogens is 1. The van der Waals surface area contributed by atoms with E-state index in [1.54, 1.807) is 11.0 Å². The van der Waals surface area contributed by atoms with Crippen molar-refractivity contribution in [3.63, 3.8) is 0 Å². The molecule has 0 bridgehead atoms. The van der Waals surface area contributed by atoms with Crippen molar-refractivity contribution in [1.82, 2.24) is 19.5 Å². The van der Waals surface area contributed by atoms with Crippen LogP contribution in [0.4, 0.5) is 0 Å². The van der Waals surface area contributed by atoms with Gasteiger partial charge in [0.2, 0.25) is 15.9 Å². The fourth-order valence-electron chi connectivity index (χ4n) is 5.37. The maximum Gasteiger partial charge on any atom is 0.245 e. The largest absolute Gasteiger partial charge is 0.487 e. The van der Waals surface area contributed by atoms with Gasteiger partial charge in [-0.25, -0.2) is 13.4 Å². The Bertz CT molecular complexity index is 1590. The summed E-state index contributed by atoms with van der Waals surface area (Å²) in [4.78, 5) is 19.4. The highest BCUT2D eigenvalue weighted by molar-refractivity contribution is 7.89. The minimum absolute atomic E-state index is 0.0105. The third-order valence-corrected chi connectivity index (χ3v) is 10.5. The lowest BCUT2D eigenvalue weighted by Gasteiger charge is -2.33. The monoisotopic (exact) mass is 618 g/mol. The molecule has 2 aromatic carbocycles. The molecule has 218 valence electrons. The molecule has 3 aromatic rings. The van der Waals surface area contributed by atoms with Crippen LogP contribution < -0.4 is 15.8 Å². The molecule has 2 aliphatic heterocycles. The maximum atomic E-state index is 13.9. The molecular weight excluding hydrogens is 587 g/mol. The van der Waals surface area contributed by atoms with E-state index in [1.165, 1.54) is 16.4 Å². The summed E-state index contributed by atoms with van der Waals surface area (Å²) < 4.78 is 35.0. The number of nitrogens with one attached hydrogen (secondary N) is 2. The average molecular weight is 620 g/mol. The summed E-state index contributed by atoms with van der Waals surface area (Å²) in [7, 11) is -4.13. The fraction of sp³-hybridized carbons (Fsp3) is 0.393. The topological polar surface area (TPSA) is 142 Å². The summed E-state index contributed by atoms with van der Waals surface area (Å²) in [6.45, 7) is 3.15. The molecule has 10 nitrogen and oxygen atoms in total. The van der Waals surface area contributed by atoms with Crippen LogP contribution in [0.25, 0.3) is 10.9 Å². The number of hydrogen-bond acceptors (Lipinski definition) is 6. The van der Waals surface area contributed by atoms with Crippen molar-refractivity contribution >= 4 is 56.0 Å². The number of ether oxygens (including phenoxy) is 1. The molecule has 5 rings (SSSR count). The second-order valence-electron chi connectivity index (χ2n) is 10.3. The van der Waals surface area contributed by atoms with Crippen LogP contribution in [0, 0.1) is 12.3 Å². The number of pyridine rings is 1. The Hall–Kier alpha value is -3.12. The first-order chi connectivity index (χ1) is 19.6. The molecule has 3 heterocycles. The Labute approximate surface area is 249 Å². The number of hydrogen-bond donors (Lipinski definition) is 3. The van der Waals surface area contributed by atoms with Crippen molar-refractivity contribution in [2.45, 2.75) is 56.2 Å². The fourth-order valence-corrected chi connectivity index (χ4v) is 7.89. The van der Waals surface area contributed by atoms with Gasteiger partial charge in [0.25, 0.3) is 0 Å². The zero-order chi connectivity index (χ0) is 29.3. The smallest absolute Gasteiger partial charge is 0.245 e. The Kier molecular flexibility index (Phi) is 8.60. The number of para-hydroxylation sites is 1. The van der Waals surface area contributed by atoms with Crippen LogP contribution in [-0.2, 0) is 21.4 Å². The van der Waals surface area contributed by atoms with Crippen molar-refractivity contribution in [3.8, 4) is 5.75 Å². The highest BCUT2D eigenvalue weighted by Crippen LogP contribution is 2.36. The van der Waals surface area contributed by atoms with Gasteiger partial charge in [0, 0.05) is 47.3 Å². The first-order valence-corrected chi connectivity index (χ1v) is 15.6. The molecule has 0 saturated carbocycles. The molecule has 0 spiro atoms. The zero-order valence-electron chi connectivity index (χ0n) is 22.6. The molecule has 2 saturated heterocycles. The number of carbonyl (C=O) groups excluding carboxylic acids is 1. The maximum absolute atomic E-state index is 13.9. The van der Waals surface area contributed by atoms with Crippen molar-refractivity contribution in [2.75, 3.05) is 19.6 Å². The minimum Gasteiger partial charge on any atom is -0.487 e. The lowest BCUT2D eigenvalue weighted by atomic mass is 10.0. The predicted molar refractivity (Wildman–Crippen MR) is 159 cm³/mol. The number of fused-ring (bicyclic) bond motifs is 1. The van der Waals surface area contributed by atoms with E-state index < -0.39 is 16.1 Å². The standard InChI is InChI=1S/C28H32Cl2N6O4S/c1-17-7-8-18-4-2-6-23(26(18)33-17)40-16-20-21(29)9-10-24(25(20)30)41(38,39)36-13-3-5-22(36)27(37)34-19-11-14-35(15-12-19)28(31)32/h2,4,6-10,19,22H,3,5,11-16H2,1H3,(H3,31,32)(H,34,37)/t22-/m0/s1. The van der Waals surface area contributed by atoms with E-state index in [2.05, 4.69) is 10.3 Å². The second-order valence-corrected chi connectivity index (χ2v) is 13.0. The van der Waals surface area contributed by atoms with Gasteiger partial charge in [-0.05, 0) is 56.9 Å². The predicted octanol–water partition coefficient (Wildman–Crippen LogP) is 4.06. The van der Waals surface area contributed by atoms with Crippen LogP contribution in [0.5, 0.6) is 5.75 Å². The van der Waals surface area contributed by atoms with Gasteiger partial charge in [-0.15, -0.1) is 0 Å². The van der Waals surface area contributed by atoms with Gasteiger partial charge in [0.15, 0.2) is 5.96 Å². The highest BCUT2D eigenvalue weighted by atomic mass is 35.5. The SMILES string of the molecule is Cc1ccc2cccc(OCc3c(Cl)ccc(S(=O)(=O)N4CCC[C@H]4C(=O)NC4CCN(C(=N)N)CC4)c3Cl)c2n1. The van der Waals surface area contributed by atoms with Crippen LogP contribution in [-0.4, -0.2) is 66.2 Å².